The molecular formula is C20H29N3O4S. The van der Waals surface area contributed by atoms with Crippen molar-refractivity contribution in [1.82, 2.24) is 14.8 Å². The predicted molar refractivity (Wildman–Crippen MR) is 106 cm³/mol. The van der Waals surface area contributed by atoms with Gasteiger partial charge in [-0.2, -0.15) is 0 Å². The van der Waals surface area contributed by atoms with E-state index in [0.717, 1.165) is 45.0 Å². The summed E-state index contributed by atoms with van der Waals surface area (Å²) < 4.78 is 11.1. The van der Waals surface area contributed by atoms with E-state index in [0.29, 0.717) is 36.9 Å². The zero-order valence-corrected chi connectivity index (χ0v) is 17.5. The molecular weight excluding hydrogens is 378 g/mol. The van der Waals surface area contributed by atoms with Gasteiger partial charge < -0.3 is 14.4 Å². The second-order valence-corrected chi connectivity index (χ2v) is 9.31. The molecule has 0 bridgehead atoms. The smallest absolute Gasteiger partial charge is 0.312 e. The highest BCUT2D eigenvalue weighted by Crippen LogP contribution is 2.43. The number of ether oxygens (including phenoxy) is 2. The van der Waals surface area contributed by atoms with Gasteiger partial charge in [0, 0.05) is 44.5 Å². The fourth-order valence-electron chi connectivity index (χ4n) is 4.34. The van der Waals surface area contributed by atoms with Crippen molar-refractivity contribution in [3.05, 3.63) is 16.1 Å². The van der Waals surface area contributed by atoms with Crippen molar-refractivity contribution in [2.75, 3.05) is 45.9 Å². The van der Waals surface area contributed by atoms with Crippen LogP contribution in [0.3, 0.4) is 0 Å². The number of esters is 1. The lowest BCUT2D eigenvalue weighted by Crippen LogP contribution is -2.45. The molecule has 8 heteroatoms. The lowest BCUT2D eigenvalue weighted by Gasteiger charge is -2.36. The van der Waals surface area contributed by atoms with Gasteiger partial charge in [0.25, 0.3) is 5.91 Å². The topological polar surface area (TPSA) is 72.0 Å². The number of morpholine rings is 1. The highest BCUT2D eigenvalue weighted by atomic mass is 32.1. The van der Waals surface area contributed by atoms with Gasteiger partial charge in [0.1, 0.15) is 6.10 Å². The quantitative estimate of drug-likeness (QED) is 0.712. The Bertz CT molecular complexity index is 721. The van der Waals surface area contributed by atoms with E-state index in [2.05, 4.69) is 23.7 Å². The second-order valence-electron chi connectivity index (χ2n) is 8.45. The standard InChI is InChI=1S/C20H29N3O4S/c1-14(2)16-13-28-17(21-16)18(24)23-5-3-20(4-6-23)11-15(27-19(20)25)12-22-7-9-26-10-8-22/h13-15H,3-12H2,1-2H3. The van der Waals surface area contributed by atoms with E-state index in [4.69, 9.17) is 9.47 Å². The van der Waals surface area contributed by atoms with Gasteiger partial charge in [0.2, 0.25) is 0 Å². The second kappa shape index (κ2) is 8.08. The van der Waals surface area contributed by atoms with Crippen LogP contribution in [0.1, 0.15) is 54.5 Å². The largest absolute Gasteiger partial charge is 0.461 e. The summed E-state index contributed by atoms with van der Waals surface area (Å²) in [5.41, 5.74) is 0.548. The molecule has 1 spiro atoms. The summed E-state index contributed by atoms with van der Waals surface area (Å²) in [5, 5.41) is 2.52. The van der Waals surface area contributed by atoms with Gasteiger partial charge in [0.05, 0.1) is 24.3 Å². The van der Waals surface area contributed by atoms with E-state index in [1.807, 2.05) is 10.3 Å². The van der Waals surface area contributed by atoms with Crippen LogP contribution in [0.25, 0.3) is 0 Å². The zero-order chi connectivity index (χ0) is 19.7. The number of likely N-dealkylation sites (tertiary alicyclic amines) is 1. The van der Waals surface area contributed by atoms with E-state index in [1.165, 1.54) is 11.3 Å². The third-order valence-corrected chi connectivity index (χ3v) is 7.04. The minimum atomic E-state index is -0.417. The molecule has 3 aliphatic rings. The fourth-order valence-corrected chi connectivity index (χ4v) is 5.29. The Labute approximate surface area is 170 Å². The van der Waals surface area contributed by atoms with Gasteiger partial charge in [-0.15, -0.1) is 11.3 Å². The van der Waals surface area contributed by atoms with Crippen molar-refractivity contribution in [3.63, 3.8) is 0 Å². The van der Waals surface area contributed by atoms with E-state index < -0.39 is 5.41 Å². The maximum absolute atomic E-state index is 12.8. The van der Waals surface area contributed by atoms with Crippen molar-refractivity contribution in [1.29, 1.82) is 0 Å². The van der Waals surface area contributed by atoms with Gasteiger partial charge in [-0.1, -0.05) is 13.8 Å². The number of amides is 1. The minimum Gasteiger partial charge on any atom is -0.461 e. The van der Waals surface area contributed by atoms with Crippen molar-refractivity contribution in [2.24, 2.45) is 5.41 Å². The molecule has 0 saturated carbocycles. The van der Waals surface area contributed by atoms with E-state index >= 15 is 0 Å². The van der Waals surface area contributed by atoms with Gasteiger partial charge >= 0.3 is 5.97 Å². The molecule has 0 aliphatic carbocycles. The summed E-state index contributed by atoms with van der Waals surface area (Å²) in [4.78, 5) is 34.1. The summed E-state index contributed by atoms with van der Waals surface area (Å²) in [6, 6.07) is 0. The number of hydrogen-bond donors (Lipinski definition) is 0. The first-order chi connectivity index (χ1) is 13.5. The Balaban J connectivity index is 1.33. The summed E-state index contributed by atoms with van der Waals surface area (Å²) in [6.45, 7) is 9.42. The molecule has 3 saturated heterocycles. The fraction of sp³-hybridized carbons (Fsp3) is 0.750. The maximum atomic E-state index is 12.8. The number of thiazole rings is 1. The molecule has 1 aromatic rings. The van der Waals surface area contributed by atoms with Crippen molar-refractivity contribution in [2.45, 2.75) is 45.1 Å². The first-order valence-electron chi connectivity index (χ1n) is 10.2. The molecule has 154 valence electrons. The summed E-state index contributed by atoms with van der Waals surface area (Å²) >= 11 is 1.41. The van der Waals surface area contributed by atoms with Crippen LogP contribution < -0.4 is 0 Å². The number of carbonyl (C=O) groups is 2. The van der Waals surface area contributed by atoms with Crippen molar-refractivity contribution >= 4 is 23.2 Å². The molecule has 1 unspecified atom stereocenters. The molecule has 0 aromatic carbocycles. The Kier molecular flexibility index (Phi) is 5.71. The van der Waals surface area contributed by atoms with Crippen LogP contribution in [0.2, 0.25) is 0 Å². The van der Waals surface area contributed by atoms with Crippen molar-refractivity contribution in [3.8, 4) is 0 Å². The van der Waals surface area contributed by atoms with Crippen molar-refractivity contribution < 1.29 is 19.1 Å². The van der Waals surface area contributed by atoms with E-state index in [-0.39, 0.29) is 18.0 Å². The van der Waals surface area contributed by atoms with Crippen LogP contribution in [0.15, 0.2) is 5.38 Å². The lowest BCUT2D eigenvalue weighted by molar-refractivity contribution is -0.151. The van der Waals surface area contributed by atoms with Crippen LogP contribution in [0, 0.1) is 5.41 Å². The SMILES string of the molecule is CC(C)c1csc(C(=O)N2CCC3(CC2)CC(CN2CCOCC2)OC3=O)n1. The highest BCUT2D eigenvalue weighted by molar-refractivity contribution is 7.11. The Hall–Kier alpha value is -1.51. The monoisotopic (exact) mass is 407 g/mol. The number of carbonyl (C=O) groups excluding carboxylic acids is 2. The number of rotatable bonds is 4. The van der Waals surface area contributed by atoms with E-state index in [9.17, 15) is 9.59 Å². The highest BCUT2D eigenvalue weighted by Gasteiger charge is 2.51. The van der Waals surface area contributed by atoms with Crippen LogP contribution in [0.4, 0.5) is 0 Å². The number of piperidine rings is 1. The predicted octanol–water partition coefficient (Wildman–Crippen LogP) is 2.14. The molecule has 1 amide bonds. The molecule has 1 atom stereocenters. The van der Waals surface area contributed by atoms with Crippen LogP contribution in [-0.2, 0) is 14.3 Å². The number of aromatic nitrogens is 1. The maximum Gasteiger partial charge on any atom is 0.312 e. The third kappa shape index (κ3) is 3.95. The molecule has 7 nitrogen and oxygen atoms in total. The Morgan fingerprint density at radius 3 is 2.64 bits per heavy atom. The molecule has 4 heterocycles. The summed E-state index contributed by atoms with van der Waals surface area (Å²) in [5.74, 6) is 0.233. The molecule has 0 N–H and O–H groups in total. The Morgan fingerprint density at radius 2 is 2.00 bits per heavy atom. The molecule has 1 aromatic heterocycles. The van der Waals surface area contributed by atoms with Crippen LogP contribution >= 0.6 is 11.3 Å². The van der Waals surface area contributed by atoms with Crippen LogP contribution in [0.5, 0.6) is 0 Å². The summed E-state index contributed by atoms with van der Waals surface area (Å²) in [6.07, 6.45) is 2.08. The molecule has 3 aliphatic heterocycles. The summed E-state index contributed by atoms with van der Waals surface area (Å²) in [7, 11) is 0. The molecule has 28 heavy (non-hydrogen) atoms. The molecule has 4 rings (SSSR count). The minimum absolute atomic E-state index is 0.0111. The van der Waals surface area contributed by atoms with E-state index in [1.54, 1.807) is 0 Å². The number of nitrogens with zero attached hydrogens (tertiary/aromatic N) is 3. The lowest BCUT2D eigenvalue weighted by atomic mass is 9.76. The Morgan fingerprint density at radius 1 is 1.29 bits per heavy atom. The van der Waals surface area contributed by atoms with Gasteiger partial charge in [0.15, 0.2) is 5.01 Å². The van der Waals surface area contributed by atoms with Gasteiger partial charge in [-0.3, -0.25) is 14.5 Å². The first-order valence-corrected chi connectivity index (χ1v) is 11.1. The van der Waals surface area contributed by atoms with Gasteiger partial charge in [-0.05, 0) is 18.8 Å². The molecule has 0 radical (unpaired) electrons. The normalized spacial score (nSPS) is 25.5. The third-order valence-electron chi connectivity index (χ3n) is 6.19. The first kappa shape index (κ1) is 19.8. The average molecular weight is 408 g/mol. The number of cyclic esters (lactones) is 1. The van der Waals surface area contributed by atoms with Crippen LogP contribution in [-0.4, -0.2) is 78.7 Å². The zero-order valence-electron chi connectivity index (χ0n) is 16.7. The van der Waals surface area contributed by atoms with Gasteiger partial charge in [-0.25, -0.2) is 4.98 Å². The number of hydrogen-bond acceptors (Lipinski definition) is 7. The average Bonchev–Trinajstić information content (AvgIpc) is 3.29. The molecule has 3 fully saturated rings.